The number of nitrogens with one attached hydrogen (secondary N) is 1. The predicted molar refractivity (Wildman–Crippen MR) is 146 cm³/mol. The van der Waals surface area contributed by atoms with Crippen LogP contribution >= 0.6 is 0 Å². The Labute approximate surface area is 215 Å². The van der Waals surface area contributed by atoms with E-state index in [0.29, 0.717) is 13.0 Å². The van der Waals surface area contributed by atoms with Gasteiger partial charge in [-0.3, -0.25) is 9.59 Å². The second-order valence-corrected chi connectivity index (χ2v) is 10.4. The van der Waals surface area contributed by atoms with E-state index < -0.39 is 6.04 Å². The van der Waals surface area contributed by atoms with Crippen LogP contribution in [0.4, 0.5) is 0 Å². The Hall–Kier alpha value is -3.40. The minimum Gasteiger partial charge on any atom is -0.352 e. The molecule has 1 N–H and O–H groups in total. The minimum atomic E-state index is -0.577. The Bertz CT molecular complexity index is 1160. The Balaban J connectivity index is 1.67. The maximum Gasteiger partial charge on any atom is 0.243 e. The Morgan fingerprint density at radius 1 is 0.806 bits per heavy atom. The van der Waals surface area contributed by atoms with Crippen molar-refractivity contribution in [2.24, 2.45) is 0 Å². The molecule has 4 rings (SSSR count). The Morgan fingerprint density at radius 2 is 1.44 bits per heavy atom. The smallest absolute Gasteiger partial charge is 0.243 e. The van der Waals surface area contributed by atoms with Crippen molar-refractivity contribution in [3.8, 4) is 0 Å². The van der Waals surface area contributed by atoms with Crippen LogP contribution in [0.15, 0.2) is 72.8 Å². The maximum absolute atomic E-state index is 13.9. The highest BCUT2D eigenvalue weighted by Crippen LogP contribution is 2.21. The second-order valence-electron chi connectivity index (χ2n) is 10.4. The van der Waals surface area contributed by atoms with E-state index in [4.69, 9.17) is 0 Å². The SMILES string of the molecule is Cc1cc(C)cc(CC(=O)N(Cc2cccc(C)c2)C(Cc2ccccc2)C(=O)NC2CCCC2)c1. The molecular formula is C32H38N2O2. The van der Waals surface area contributed by atoms with E-state index in [1.54, 1.807) is 0 Å². The molecule has 0 spiro atoms. The molecule has 0 radical (unpaired) electrons. The highest BCUT2D eigenvalue weighted by molar-refractivity contribution is 5.89. The molecule has 0 aromatic heterocycles. The molecule has 3 aromatic carbocycles. The van der Waals surface area contributed by atoms with Gasteiger partial charge >= 0.3 is 0 Å². The predicted octanol–water partition coefficient (Wildman–Crippen LogP) is 5.85. The summed E-state index contributed by atoms with van der Waals surface area (Å²) < 4.78 is 0. The molecule has 0 heterocycles. The molecule has 2 amide bonds. The molecule has 0 bridgehead atoms. The van der Waals surface area contributed by atoms with Crippen LogP contribution in [0.1, 0.15) is 59.1 Å². The minimum absolute atomic E-state index is 0.0241. The molecule has 1 atom stereocenters. The lowest BCUT2D eigenvalue weighted by Gasteiger charge is -2.32. The summed E-state index contributed by atoms with van der Waals surface area (Å²) in [4.78, 5) is 29.5. The topological polar surface area (TPSA) is 49.4 Å². The number of hydrogen-bond donors (Lipinski definition) is 1. The summed E-state index contributed by atoms with van der Waals surface area (Å²) in [5, 5.41) is 3.28. The highest BCUT2D eigenvalue weighted by atomic mass is 16.2. The van der Waals surface area contributed by atoms with Gasteiger partial charge in [-0.1, -0.05) is 102 Å². The first kappa shape index (κ1) is 25.7. The molecule has 0 aliphatic heterocycles. The largest absolute Gasteiger partial charge is 0.352 e. The molecule has 1 aliphatic rings. The molecule has 188 valence electrons. The number of rotatable bonds is 9. The van der Waals surface area contributed by atoms with Gasteiger partial charge in [0.15, 0.2) is 0 Å². The number of carbonyl (C=O) groups excluding carboxylic acids is 2. The van der Waals surface area contributed by atoms with Crippen molar-refractivity contribution in [3.63, 3.8) is 0 Å². The fourth-order valence-electron chi connectivity index (χ4n) is 5.38. The van der Waals surface area contributed by atoms with Crippen LogP contribution in [0.5, 0.6) is 0 Å². The lowest BCUT2D eigenvalue weighted by molar-refractivity contribution is -0.141. The van der Waals surface area contributed by atoms with Crippen molar-refractivity contribution in [2.75, 3.05) is 0 Å². The summed E-state index contributed by atoms with van der Waals surface area (Å²) in [6.07, 6.45) is 5.08. The van der Waals surface area contributed by atoms with E-state index in [1.165, 1.54) is 0 Å². The average Bonchev–Trinajstić information content (AvgIpc) is 3.34. The summed E-state index contributed by atoms with van der Waals surface area (Å²) in [6.45, 7) is 6.57. The normalized spacial score (nSPS) is 14.4. The Kier molecular flexibility index (Phi) is 8.58. The zero-order valence-electron chi connectivity index (χ0n) is 21.8. The zero-order valence-corrected chi connectivity index (χ0v) is 21.8. The van der Waals surface area contributed by atoms with Gasteiger partial charge in [-0.2, -0.15) is 0 Å². The molecule has 1 unspecified atom stereocenters. The standard InChI is InChI=1S/C32H38N2O2/c1-23-10-9-13-27(17-23)22-34(31(35)21-28-18-24(2)16-25(3)19-28)30(20-26-11-5-4-6-12-26)32(36)33-29-14-7-8-15-29/h4-6,9-13,16-19,29-30H,7-8,14-15,20-22H2,1-3H3,(H,33,36). The lowest BCUT2D eigenvalue weighted by atomic mass is 9.99. The summed E-state index contributed by atoms with van der Waals surface area (Å²) >= 11 is 0. The fourth-order valence-corrected chi connectivity index (χ4v) is 5.38. The maximum atomic E-state index is 13.9. The molecule has 0 saturated heterocycles. The van der Waals surface area contributed by atoms with Crippen LogP contribution in [0.25, 0.3) is 0 Å². The van der Waals surface area contributed by atoms with E-state index in [2.05, 4.69) is 56.4 Å². The highest BCUT2D eigenvalue weighted by Gasteiger charge is 2.32. The van der Waals surface area contributed by atoms with Gasteiger partial charge in [-0.25, -0.2) is 0 Å². The van der Waals surface area contributed by atoms with Gasteiger partial charge in [0.2, 0.25) is 11.8 Å². The number of amides is 2. The first-order valence-electron chi connectivity index (χ1n) is 13.1. The van der Waals surface area contributed by atoms with Crippen LogP contribution in [0.2, 0.25) is 0 Å². The summed E-state index contributed by atoms with van der Waals surface area (Å²) in [5.41, 5.74) is 6.50. The number of nitrogens with zero attached hydrogens (tertiary/aromatic N) is 1. The molecule has 1 fully saturated rings. The monoisotopic (exact) mass is 482 g/mol. The number of hydrogen-bond acceptors (Lipinski definition) is 2. The van der Waals surface area contributed by atoms with E-state index in [1.807, 2.05) is 47.4 Å². The van der Waals surface area contributed by atoms with Crippen molar-refractivity contribution in [1.29, 1.82) is 0 Å². The van der Waals surface area contributed by atoms with E-state index in [-0.39, 0.29) is 24.3 Å². The van der Waals surface area contributed by atoms with Crippen molar-refractivity contribution >= 4 is 11.8 Å². The van der Waals surface area contributed by atoms with Crippen LogP contribution in [-0.2, 0) is 29.0 Å². The third-order valence-corrected chi connectivity index (χ3v) is 7.04. The third-order valence-electron chi connectivity index (χ3n) is 7.04. The fraction of sp³-hybridized carbons (Fsp3) is 0.375. The van der Waals surface area contributed by atoms with Crippen molar-refractivity contribution < 1.29 is 9.59 Å². The molecule has 1 aliphatic carbocycles. The van der Waals surface area contributed by atoms with Gasteiger partial charge in [0, 0.05) is 19.0 Å². The van der Waals surface area contributed by atoms with E-state index >= 15 is 0 Å². The molecule has 36 heavy (non-hydrogen) atoms. The van der Waals surface area contributed by atoms with E-state index in [0.717, 1.165) is 59.1 Å². The summed E-state index contributed by atoms with van der Waals surface area (Å²) in [7, 11) is 0. The van der Waals surface area contributed by atoms with E-state index in [9.17, 15) is 9.59 Å². The van der Waals surface area contributed by atoms with Crippen molar-refractivity contribution in [1.82, 2.24) is 10.2 Å². The van der Waals surface area contributed by atoms with Gasteiger partial charge in [0.05, 0.1) is 6.42 Å². The van der Waals surface area contributed by atoms with Crippen molar-refractivity contribution in [3.05, 3.63) is 106 Å². The number of benzene rings is 3. The first-order valence-corrected chi connectivity index (χ1v) is 13.1. The lowest BCUT2D eigenvalue weighted by Crippen LogP contribution is -2.52. The first-order chi connectivity index (χ1) is 17.4. The van der Waals surface area contributed by atoms with Gasteiger partial charge in [0.1, 0.15) is 6.04 Å². The van der Waals surface area contributed by atoms with Crippen molar-refractivity contribution in [2.45, 2.75) is 77.9 Å². The van der Waals surface area contributed by atoms with Gasteiger partial charge in [-0.15, -0.1) is 0 Å². The summed E-state index contributed by atoms with van der Waals surface area (Å²) in [5.74, 6) is -0.0730. The van der Waals surface area contributed by atoms with Gasteiger partial charge in [0.25, 0.3) is 0 Å². The summed E-state index contributed by atoms with van der Waals surface area (Å²) in [6, 6.07) is 24.1. The Morgan fingerprint density at radius 3 is 2.11 bits per heavy atom. The third kappa shape index (κ3) is 7.07. The van der Waals surface area contributed by atoms with Crippen LogP contribution in [-0.4, -0.2) is 28.8 Å². The molecule has 3 aromatic rings. The molecule has 4 heteroatoms. The molecule has 1 saturated carbocycles. The zero-order chi connectivity index (χ0) is 25.5. The molecule has 4 nitrogen and oxygen atoms in total. The second kappa shape index (κ2) is 12.0. The quantitative estimate of drug-likeness (QED) is 0.416. The van der Waals surface area contributed by atoms with Crippen LogP contribution < -0.4 is 5.32 Å². The van der Waals surface area contributed by atoms with Crippen LogP contribution in [0, 0.1) is 20.8 Å². The number of aryl methyl sites for hydroxylation is 3. The molecular weight excluding hydrogens is 444 g/mol. The number of carbonyl (C=O) groups is 2. The average molecular weight is 483 g/mol. The van der Waals surface area contributed by atoms with Gasteiger partial charge < -0.3 is 10.2 Å². The van der Waals surface area contributed by atoms with Gasteiger partial charge in [-0.05, 0) is 50.3 Å². The van der Waals surface area contributed by atoms with Crippen LogP contribution in [0.3, 0.4) is 0 Å².